The fourth-order valence-electron chi connectivity index (χ4n) is 2.65. The van der Waals surface area contributed by atoms with Crippen LogP contribution in [0.5, 0.6) is 11.5 Å². The number of benzene rings is 1. The molecule has 0 radical (unpaired) electrons. The van der Waals surface area contributed by atoms with E-state index < -0.39 is 0 Å². The van der Waals surface area contributed by atoms with E-state index in [0.29, 0.717) is 6.10 Å². The fraction of sp³-hybridized carbons (Fsp3) is 0.600. The molecule has 0 bridgehead atoms. The van der Waals surface area contributed by atoms with Crippen LogP contribution < -0.4 is 14.8 Å². The number of hydrogen-bond donors (Lipinski definition) is 1. The Morgan fingerprint density at radius 3 is 2.21 bits per heavy atom. The third kappa shape index (κ3) is 3.19. The highest BCUT2D eigenvalue weighted by Crippen LogP contribution is 2.33. The molecule has 1 N–H and O–H groups in total. The Kier molecular flexibility index (Phi) is 4.66. The van der Waals surface area contributed by atoms with Crippen molar-refractivity contribution >= 4 is 0 Å². The molecule has 1 aliphatic rings. The monoisotopic (exact) mass is 265 g/mol. The molecule has 1 fully saturated rings. The molecule has 1 aromatic rings. The standard InChI is InChI=1S/C15H23NO3/c1-10-5-6-14(19-10)15(16-2)11-7-12(17-3)9-13(8-11)18-4/h7-10,14-16H,5-6H2,1-4H3. The van der Waals surface area contributed by atoms with Crippen LogP contribution in [0.1, 0.15) is 31.4 Å². The van der Waals surface area contributed by atoms with E-state index in [1.54, 1.807) is 14.2 Å². The molecular formula is C15H23NO3. The van der Waals surface area contributed by atoms with Crippen LogP contribution >= 0.6 is 0 Å². The molecule has 0 spiro atoms. The minimum atomic E-state index is 0.161. The van der Waals surface area contributed by atoms with Gasteiger partial charge in [0.2, 0.25) is 0 Å². The summed E-state index contributed by atoms with van der Waals surface area (Å²) >= 11 is 0. The Bertz CT molecular complexity index is 400. The third-order valence-corrected chi connectivity index (χ3v) is 3.68. The molecule has 1 heterocycles. The second kappa shape index (κ2) is 6.26. The topological polar surface area (TPSA) is 39.7 Å². The molecule has 106 valence electrons. The molecule has 2 rings (SSSR count). The lowest BCUT2D eigenvalue weighted by Crippen LogP contribution is -2.29. The summed E-state index contributed by atoms with van der Waals surface area (Å²) in [7, 11) is 5.30. The van der Waals surface area contributed by atoms with Gasteiger partial charge in [0.15, 0.2) is 0 Å². The van der Waals surface area contributed by atoms with Gasteiger partial charge in [-0.2, -0.15) is 0 Å². The molecule has 19 heavy (non-hydrogen) atoms. The van der Waals surface area contributed by atoms with Gasteiger partial charge in [0.05, 0.1) is 32.5 Å². The van der Waals surface area contributed by atoms with Crippen LogP contribution in [0.15, 0.2) is 18.2 Å². The van der Waals surface area contributed by atoms with Gasteiger partial charge in [0, 0.05) is 6.07 Å². The molecule has 0 aromatic heterocycles. The molecule has 3 unspecified atom stereocenters. The number of likely N-dealkylation sites (N-methyl/N-ethyl adjacent to an activating group) is 1. The second-order valence-electron chi connectivity index (χ2n) is 4.97. The Balaban J connectivity index is 2.26. The van der Waals surface area contributed by atoms with Gasteiger partial charge in [0.1, 0.15) is 11.5 Å². The van der Waals surface area contributed by atoms with Crippen molar-refractivity contribution < 1.29 is 14.2 Å². The minimum absolute atomic E-state index is 0.161. The summed E-state index contributed by atoms with van der Waals surface area (Å²) in [5, 5.41) is 3.35. The summed E-state index contributed by atoms with van der Waals surface area (Å²) in [6.07, 6.45) is 2.74. The molecule has 3 atom stereocenters. The minimum Gasteiger partial charge on any atom is -0.497 e. The van der Waals surface area contributed by atoms with Crippen molar-refractivity contribution in [2.75, 3.05) is 21.3 Å². The molecule has 1 saturated heterocycles. The zero-order valence-corrected chi connectivity index (χ0v) is 12.1. The normalized spacial score (nSPS) is 24.2. The Morgan fingerprint density at radius 2 is 1.79 bits per heavy atom. The zero-order valence-electron chi connectivity index (χ0n) is 12.1. The number of methoxy groups -OCH3 is 2. The van der Waals surface area contributed by atoms with Crippen molar-refractivity contribution in [2.24, 2.45) is 0 Å². The van der Waals surface area contributed by atoms with Gasteiger partial charge >= 0.3 is 0 Å². The maximum atomic E-state index is 5.97. The van der Waals surface area contributed by atoms with Gasteiger partial charge in [-0.25, -0.2) is 0 Å². The number of rotatable bonds is 5. The highest BCUT2D eigenvalue weighted by atomic mass is 16.5. The summed E-state index contributed by atoms with van der Waals surface area (Å²) in [5.74, 6) is 1.61. The van der Waals surface area contributed by atoms with Crippen molar-refractivity contribution in [3.05, 3.63) is 23.8 Å². The summed E-state index contributed by atoms with van der Waals surface area (Å²) in [6, 6.07) is 6.12. The van der Waals surface area contributed by atoms with Crippen LogP contribution in [0.3, 0.4) is 0 Å². The first-order chi connectivity index (χ1) is 9.17. The largest absolute Gasteiger partial charge is 0.497 e. The maximum absolute atomic E-state index is 5.97. The predicted molar refractivity (Wildman–Crippen MR) is 74.9 cm³/mol. The van der Waals surface area contributed by atoms with Gasteiger partial charge in [-0.3, -0.25) is 0 Å². The van der Waals surface area contributed by atoms with Crippen molar-refractivity contribution in [3.8, 4) is 11.5 Å². The fourth-order valence-corrected chi connectivity index (χ4v) is 2.65. The number of ether oxygens (including phenoxy) is 3. The molecule has 0 aliphatic carbocycles. The number of hydrogen-bond acceptors (Lipinski definition) is 4. The van der Waals surface area contributed by atoms with Gasteiger partial charge < -0.3 is 19.5 Å². The summed E-state index contributed by atoms with van der Waals surface area (Å²) in [5.41, 5.74) is 1.14. The summed E-state index contributed by atoms with van der Waals surface area (Å²) in [4.78, 5) is 0. The van der Waals surface area contributed by atoms with Crippen molar-refractivity contribution in [3.63, 3.8) is 0 Å². The van der Waals surface area contributed by atoms with Crippen LogP contribution in [0, 0.1) is 0 Å². The molecule has 0 saturated carbocycles. The van der Waals surface area contributed by atoms with E-state index in [4.69, 9.17) is 14.2 Å². The SMILES string of the molecule is CNC(c1cc(OC)cc(OC)c1)C1CCC(C)O1. The maximum Gasteiger partial charge on any atom is 0.122 e. The Labute approximate surface area is 115 Å². The van der Waals surface area contributed by atoms with Crippen molar-refractivity contribution in [1.29, 1.82) is 0 Å². The van der Waals surface area contributed by atoms with Crippen molar-refractivity contribution in [2.45, 2.75) is 38.0 Å². The highest BCUT2D eigenvalue weighted by molar-refractivity contribution is 5.40. The van der Waals surface area contributed by atoms with Gasteiger partial charge in [-0.05, 0) is 44.5 Å². The highest BCUT2D eigenvalue weighted by Gasteiger charge is 2.30. The van der Waals surface area contributed by atoms with Gasteiger partial charge in [-0.1, -0.05) is 0 Å². The van der Waals surface area contributed by atoms with E-state index >= 15 is 0 Å². The first kappa shape index (κ1) is 14.2. The van der Waals surface area contributed by atoms with E-state index in [1.807, 2.05) is 25.2 Å². The van der Waals surface area contributed by atoms with Gasteiger partial charge in [0.25, 0.3) is 0 Å². The van der Waals surface area contributed by atoms with E-state index in [1.165, 1.54) is 0 Å². The van der Waals surface area contributed by atoms with Crippen LogP contribution in [0.25, 0.3) is 0 Å². The first-order valence-electron chi connectivity index (χ1n) is 6.73. The van der Waals surface area contributed by atoms with E-state index in [0.717, 1.165) is 29.9 Å². The lowest BCUT2D eigenvalue weighted by atomic mass is 9.98. The molecule has 4 heteroatoms. The van der Waals surface area contributed by atoms with Crippen LogP contribution in [-0.2, 0) is 4.74 Å². The van der Waals surface area contributed by atoms with E-state index in [9.17, 15) is 0 Å². The molecule has 1 aromatic carbocycles. The van der Waals surface area contributed by atoms with Gasteiger partial charge in [-0.15, -0.1) is 0 Å². The lowest BCUT2D eigenvalue weighted by Gasteiger charge is -2.24. The molecular weight excluding hydrogens is 242 g/mol. The van der Waals surface area contributed by atoms with Crippen LogP contribution in [-0.4, -0.2) is 33.5 Å². The summed E-state index contributed by atoms with van der Waals surface area (Å²) < 4.78 is 16.6. The average molecular weight is 265 g/mol. The van der Waals surface area contributed by atoms with Crippen LogP contribution in [0.4, 0.5) is 0 Å². The quantitative estimate of drug-likeness (QED) is 0.888. The molecule has 1 aliphatic heterocycles. The zero-order chi connectivity index (χ0) is 13.8. The third-order valence-electron chi connectivity index (χ3n) is 3.68. The smallest absolute Gasteiger partial charge is 0.122 e. The lowest BCUT2D eigenvalue weighted by molar-refractivity contribution is 0.0332. The summed E-state index contributed by atoms with van der Waals surface area (Å²) in [6.45, 7) is 2.12. The second-order valence-corrected chi connectivity index (χ2v) is 4.97. The predicted octanol–water partition coefficient (Wildman–Crippen LogP) is 2.53. The Hall–Kier alpha value is -1.26. The number of nitrogens with one attached hydrogen (secondary N) is 1. The Morgan fingerprint density at radius 1 is 1.16 bits per heavy atom. The molecule has 0 amide bonds. The van der Waals surface area contributed by atoms with E-state index in [2.05, 4.69) is 12.2 Å². The van der Waals surface area contributed by atoms with E-state index in [-0.39, 0.29) is 12.1 Å². The molecule has 4 nitrogen and oxygen atoms in total. The van der Waals surface area contributed by atoms with Crippen LogP contribution in [0.2, 0.25) is 0 Å². The average Bonchev–Trinajstić information content (AvgIpc) is 2.85. The van der Waals surface area contributed by atoms with Crippen molar-refractivity contribution in [1.82, 2.24) is 5.32 Å². The first-order valence-corrected chi connectivity index (χ1v) is 6.73.